The van der Waals surface area contributed by atoms with Gasteiger partial charge >= 0.3 is 17.9 Å². The van der Waals surface area contributed by atoms with Gasteiger partial charge in [0.1, 0.15) is 13.2 Å². The third-order valence-electron chi connectivity index (χ3n) is 14.4. The Labute approximate surface area is 472 Å². The minimum Gasteiger partial charge on any atom is -0.462 e. The number of esters is 3. The van der Waals surface area contributed by atoms with E-state index in [-0.39, 0.29) is 31.1 Å². The van der Waals surface area contributed by atoms with Crippen molar-refractivity contribution in [3.8, 4) is 0 Å². The van der Waals surface area contributed by atoms with E-state index in [0.29, 0.717) is 19.3 Å². The van der Waals surface area contributed by atoms with Crippen LogP contribution in [0.1, 0.15) is 335 Å². The predicted octanol–water partition coefficient (Wildman–Crippen LogP) is 22.5. The largest absolute Gasteiger partial charge is 0.462 e. The Balaban J connectivity index is 4.20. The van der Waals surface area contributed by atoms with Gasteiger partial charge in [-0.25, -0.2) is 0 Å². The maximum Gasteiger partial charge on any atom is 0.306 e. The highest BCUT2D eigenvalue weighted by atomic mass is 16.6. The minimum atomic E-state index is -0.775. The number of unbranched alkanes of at least 4 members (excludes halogenated alkanes) is 37. The fraction of sp³-hybridized carbons (Fsp3) is 0.786. The third kappa shape index (κ3) is 61.7. The van der Waals surface area contributed by atoms with Crippen molar-refractivity contribution in [2.75, 3.05) is 13.2 Å². The van der Waals surface area contributed by atoms with Crippen LogP contribution in [0.25, 0.3) is 0 Å². The van der Waals surface area contributed by atoms with Crippen LogP contribution in [0.15, 0.2) is 72.9 Å². The second kappa shape index (κ2) is 64.4. The van der Waals surface area contributed by atoms with Crippen molar-refractivity contribution in [3.05, 3.63) is 72.9 Å². The molecule has 440 valence electrons. The van der Waals surface area contributed by atoms with E-state index in [1.807, 2.05) is 0 Å². The molecule has 0 spiro atoms. The second-order valence-electron chi connectivity index (χ2n) is 22.0. The molecular formula is C70H124O6. The first kappa shape index (κ1) is 72.8. The molecule has 0 aliphatic rings. The van der Waals surface area contributed by atoms with Crippen LogP contribution < -0.4 is 0 Å². The molecule has 0 heterocycles. The highest BCUT2D eigenvalue weighted by Crippen LogP contribution is 2.17. The maximum atomic E-state index is 12.9. The van der Waals surface area contributed by atoms with E-state index in [4.69, 9.17) is 14.2 Å². The van der Waals surface area contributed by atoms with Crippen LogP contribution in [0.4, 0.5) is 0 Å². The average molecular weight is 1060 g/mol. The lowest BCUT2D eigenvalue weighted by Crippen LogP contribution is -2.30. The molecule has 0 fully saturated rings. The Morgan fingerprint density at radius 1 is 0.276 bits per heavy atom. The molecule has 6 heteroatoms. The first-order valence-corrected chi connectivity index (χ1v) is 32.9. The summed E-state index contributed by atoms with van der Waals surface area (Å²) in [7, 11) is 0. The highest BCUT2D eigenvalue weighted by molar-refractivity contribution is 5.71. The summed E-state index contributed by atoms with van der Waals surface area (Å²) in [6.07, 6.45) is 83.5. The minimum absolute atomic E-state index is 0.0728. The van der Waals surface area contributed by atoms with Crippen molar-refractivity contribution in [2.45, 2.75) is 341 Å². The summed E-state index contributed by atoms with van der Waals surface area (Å²) in [4.78, 5) is 38.3. The van der Waals surface area contributed by atoms with E-state index in [1.54, 1.807) is 0 Å². The van der Waals surface area contributed by atoms with Crippen molar-refractivity contribution >= 4 is 17.9 Å². The van der Waals surface area contributed by atoms with E-state index in [1.165, 1.54) is 205 Å². The molecule has 0 saturated carbocycles. The lowest BCUT2D eigenvalue weighted by molar-refractivity contribution is -0.167. The molecule has 1 atom stereocenters. The molecule has 0 aliphatic heterocycles. The topological polar surface area (TPSA) is 78.9 Å². The van der Waals surface area contributed by atoms with E-state index in [2.05, 4.69) is 93.7 Å². The summed E-state index contributed by atoms with van der Waals surface area (Å²) in [6.45, 7) is 6.55. The Morgan fingerprint density at radius 2 is 0.513 bits per heavy atom. The number of hydrogen-bond acceptors (Lipinski definition) is 6. The third-order valence-corrected chi connectivity index (χ3v) is 14.4. The molecule has 0 aromatic carbocycles. The summed E-state index contributed by atoms with van der Waals surface area (Å²) in [6, 6.07) is 0. The number of rotatable bonds is 60. The second-order valence-corrected chi connectivity index (χ2v) is 22.0. The van der Waals surface area contributed by atoms with Gasteiger partial charge in [0.15, 0.2) is 6.10 Å². The van der Waals surface area contributed by atoms with Crippen LogP contribution in [0.2, 0.25) is 0 Å². The first-order chi connectivity index (χ1) is 37.5. The monoisotopic (exact) mass is 1060 g/mol. The van der Waals surface area contributed by atoms with Gasteiger partial charge in [0, 0.05) is 19.3 Å². The number of hydrogen-bond donors (Lipinski definition) is 0. The summed E-state index contributed by atoms with van der Waals surface area (Å²) in [5.74, 6) is -0.862. The van der Waals surface area contributed by atoms with E-state index < -0.39 is 6.10 Å². The first-order valence-electron chi connectivity index (χ1n) is 32.9. The standard InChI is InChI=1S/C70H124O6/c1-4-7-10-13-16-19-22-24-26-28-30-31-32-33-34-35-36-37-38-39-40-42-43-45-48-51-54-57-60-63-69(72)75-66-67(65-74-68(71)62-59-56-53-50-47-21-18-15-12-9-6-3)76-70(73)64-61-58-55-52-49-46-44-41-29-27-25-23-20-17-14-11-8-5-2/h7,10,16,19,24,26-27,29-31,33-34,67H,4-6,8-9,11-15,17-18,20-23,25,28,32,35-66H2,1-3H3/b10-7-,19-16-,26-24-,29-27-,31-30-,34-33-. The van der Waals surface area contributed by atoms with E-state index >= 15 is 0 Å². The summed E-state index contributed by atoms with van der Waals surface area (Å²) in [5, 5.41) is 0. The normalized spacial score (nSPS) is 12.5. The van der Waals surface area contributed by atoms with Gasteiger partial charge < -0.3 is 14.2 Å². The average Bonchev–Trinajstić information content (AvgIpc) is 3.42. The molecule has 76 heavy (non-hydrogen) atoms. The zero-order valence-corrected chi connectivity index (χ0v) is 50.5. The molecule has 0 rings (SSSR count). The summed E-state index contributed by atoms with van der Waals surface area (Å²) >= 11 is 0. The van der Waals surface area contributed by atoms with Crippen molar-refractivity contribution < 1.29 is 28.6 Å². The molecular weight excluding hydrogens is 937 g/mol. The van der Waals surface area contributed by atoms with Crippen molar-refractivity contribution in [1.29, 1.82) is 0 Å². The lowest BCUT2D eigenvalue weighted by atomic mass is 10.0. The smallest absolute Gasteiger partial charge is 0.306 e. The Bertz CT molecular complexity index is 1400. The Kier molecular flexibility index (Phi) is 61.7. The molecule has 0 aromatic heterocycles. The van der Waals surface area contributed by atoms with Crippen LogP contribution >= 0.6 is 0 Å². The molecule has 0 N–H and O–H groups in total. The number of carbonyl (C=O) groups is 3. The van der Waals surface area contributed by atoms with E-state index in [0.717, 1.165) is 89.9 Å². The number of allylic oxidation sites excluding steroid dienone is 12. The molecule has 1 unspecified atom stereocenters. The van der Waals surface area contributed by atoms with Crippen molar-refractivity contribution in [1.82, 2.24) is 0 Å². The molecule has 0 aromatic rings. The van der Waals surface area contributed by atoms with Gasteiger partial charge in [-0.1, -0.05) is 299 Å². The number of ether oxygens (including phenoxy) is 3. The van der Waals surface area contributed by atoms with Gasteiger partial charge in [-0.05, 0) is 89.9 Å². The van der Waals surface area contributed by atoms with Gasteiger partial charge in [0.2, 0.25) is 0 Å². The van der Waals surface area contributed by atoms with Crippen LogP contribution in [0, 0.1) is 0 Å². The van der Waals surface area contributed by atoms with Gasteiger partial charge in [-0.3, -0.25) is 14.4 Å². The zero-order chi connectivity index (χ0) is 55.0. The van der Waals surface area contributed by atoms with E-state index in [9.17, 15) is 14.4 Å². The summed E-state index contributed by atoms with van der Waals surface area (Å²) < 4.78 is 16.9. The Hall–Kier alpha value is -3.15. The van der Waals surface area contributed by atoms with Crippen LogP contribution in [-0.4, -0.2) is 37.2 Å². The van der Waals surface area contributed by atoms with Crippen LogP contribution in [-0.2, 0) is 28.6 Å². The SMILES string of the molecule is CC/C=C\C/C=C\C/C=C\C/C=C\C/C=C\CCCCCCCCCCCCCCCC(=O)OCC(COC(=O)CCCCCCCCCCCCC)OC(=O)CCCCCCCCC/C=C\CCCCCCCCC. The van der Waals surface area contributed by atoms with Gasteiger partial charge in [0.25, 0.3) is 0 Å². The fourth-order valence-corrected chi connectivity index (χ4v) is 9.53. The summed E-state index contributed by atoms with van der Waals surface area (Å²) in [5.41, 5.74) is 0. The van der Waals surface area contributed by atoms with Gasteiger partial charge in [-0.15, -0.1) is 0 Å². The highest BCUT2D eigenvalue weighted by Gasteiger charge is 2.19. The van der Waals surface area contributed by atoms with Crippen LogP contribution in [0.3, 0.4) is 0 Å². The van der Waals surface area contributed by atoms with Crippen molar-refractivity contribution in [2.24, 2.45) is 0 Å². The lowest BCUT2D eigenvalue weighted by Gasteiger charge is -2.18. The Morgan fingerprint density at radius 3 is 0.816 bits per heavy atom. The molecule has 0 aliphatic carbocycles. The maximum absolute atomic E-state index is 12.9. The number of carbonyl (C=O) groups excluding carboxylic acids is 3. The van der Waals surface area contributed by atoms with Gasteiger partial charge in [-0.2, -0.15) is 0 Å². The quantitative estimate of drug-likeness (QED) is 0.0261. The zero-order valence-electron chi connectivity index (χ0n) is 50.5. The molecule has 0 amide bonds. The molecule has 0 saturated heterocycles. The molecule has 0 radical (unpaired) electrons. The van der Waals surface area contributed by atoms with Crippen LogP contribution in [0.5, 0.6) is 0 Å². The fourth-order valence-electron chi connectivity index (χ4n) is 9.53. The molecule has 6 nitrogen and oxygen atoms in total. The predicted molar refractivity (Wildman–Crippen MR) is 330 cm³/mol. The molecule has 0 bridgehead atoms. The van der Waals surface area contributed by atoms with Gasteiger partial charge in [0.05, 0.1) is 0 Å². The van der Waals surface area contributed by atoms with Crippen molar-refractivity contribution in [3.63, 3.8) is 0 Å².